The lowest BCUT2D eigenvalue weighted by Crippen LogP contribution is -2.17. The van der Waals surface area contributed by atoms with E-state index in [2.05, 4.69) is 22.6 Å². The molecule has 4 heteroatoms. The average molecular weight is 291 g/mol. The molecular weight excluding hydrogens is 281 g/mol. The van der Waals surface area contributed by atoms with Crippen LogP contribution in [0.25, 0.3) is 0 Å². The minimum atomic E-state index is -0.500. The number of hydrogen-bond acceptors (Lipinski definition) is 2. The minimum Gasteiger partial charge on any atom is -0.264 e. The Bertz CT molecular complexity index is 297. The van der Waals surface area contributed by atoms with E-state index in [0.717, 1.165) is 9.13 Å². The average Bonchev–Trinajstić information content (AvgIpc) is 2.08. The van der Waals surface area contributed by atoms with E-state index < -0.39 is 6.04 Å². The molecule has 0 amide bonds. The highest BCUT2D eigenvalue weighted by Gasteiger charge is 2.12. The van der Waals surface area contributed by atoms with E-state index in [-0.39, 0.29) is 4.92 Å². The molecular formula is C9H10INO2. The van der Waals surface area contributed by atoms with Gasteiger partial charge in [0.25, 0.3) is 0 Å². The number of hydrogen-bond donors (Lipinski definition) is 0. The largest absolute Gasteiger partial charge is 0.264 e. The van der Waals surface area contributed by atoms with Crippen LogP contribution in [0.4, 0.5) is 0 Å². The van der Waals surface area contributed by atoms with Crippen molar-refractivity contribution < 1.29 is 4.92 Å². The van der Waals surface area contributed by atoms with Crippen LogP contribution in [0, 0.1) is 13.7 Å². The van der Waals surface area contributed by atoms with Gasteiger partial charge in [0.15, 0.2) is 0 Å². The van der Waals surface area contributed by atoms with Gasteiger partial charge in [-0.05, 0) is 40.3 Å². The second-order valence-electron chi connectivity index (χ2n) is 2.96. The van der Waals surface area contributed by atoms with Crippen molar-refractivity contribution in [3.8, 4) is 0 Å². The lowest BCUT2D eigenvalue weighted by atomic mass is 10.1. The zero-order chi connectivity index (χ0) is 9.84. The van der Waals surface area contributed by atoms with E-state index >= 15 is 0 Å². The third-order valence-electron chi connectivity index (χ3n) is 1.80. The highest BCUT2D eigenvalue weighted by molar-refractivity contribution is 14.1. The molecule has 1 atom stereocenters. The maximum absolute atomic E-state index is 10.4. The fourth-order valence-electron chi connectivity index (χ4n) is 1.04. The Hall–Kier alpha value is -0.650. The summed E-state index contributed by atoms with van der Waals surface area (Å²) in [5.41, 5.74) is 1.02. The number of rotatable bonds is 3. The molecule has 1 rings (SSSR count). The van der Waals surface area contributed by atoms with Gasteiger partial charge in [-0.15, -0.1) is 0 Å². The van der Waals surface area contributed by atoms with Gasteiger partial charge in [-0.3, -0.25) is 10.1 Å². The van der Waals surface area contributed by atoms with Gasteiger partial charge in [0, 0.05) is 21.8 Å². The number of halogens is 1. The SMILES string of the molecule is CC(Cc1ccc(I)cc1)[N+](=O)[O-]. The van der Waals surface area contributed by atoms with Crippen LogP contribution in [0.2, 0.25) is 0 Å². The lowest BCUT2D eigenvalue weighted by Gasteiger charge is -2.03. The summed E-state index contributed by atoms with van der Waals surface area (Å²) in [7, 11) is 0. The van der Waals surface area contributed by atoms with E-state index in [1.165, 1.54) is 0 Å². The fraction of sp³-hybridized carbons (Fsp3) is 0.333. The number of nitro groups is 1. The molecule has 0 aliphatic rings. The van der Waals surface area contributed by atoms with E-state index in [1.807, 2.05) is 24.3 Å². The molecule has 0 radical (unpaired) electrons. The highest BCUT2D eigenvalue weighted by Crippen LogP contribution is 2.09. The Morgan fingerprint density at radius 1 is 1.46 bits per heavy atom. The van der Waals surface area contributed by atoms with E-state index in [4.69, 9.17) is 0 Å². The van der Waals surface area contributed by atoms with Gasteiger partial charge in [-0.1, -0.05) is 12.1 Å². The molecule has 0 aliphatic heterocycles. The van der Waals surface area contributed by atoms with Crippen LogP contribution >= 0.6 is 22.6 Å². The third kappa shape index (κ3) is 3.30. The van der Waals surface area contributed by atoms with E-state index in [9.17, 15) is 10.1 Å². The molecule has 0 N–H and O–H groups in total. The van der Waals surface area contributed by atoms with Gasteiger partial charge in [0.05, 0.1) is 0 Å². The molecule has 0 bridgehead atoms. The van der Waals surface area contributed by atoms with Crippen LogP contribution in [0.5, 0.6) is 0 Å². The van der Waals surface area contributed by atoms with Crippen LogP contribution < -0.4 is 0 Å². The molecule has 3 nitrogen and oxygen atoms in total. The molecule has 1 unspecified atom stereocenters. The zero-order valence-corrected chi connectivity index (χ0v) is 9.39. The second-order valence-corrected chi connectivity index (χ2v) is 4.21. The Balaban J connectivity index is 2.64. The highest BCUT2D eigenvalue weighted by atomic mass is 127. The second kappa shape index (κ2) is 4.55. The van der Waals surface area contributed by atoms with Crippen LogP contribution in [-0.4, -0.2) is 11.0 Å². The van der Waals surface area contributed by atoms with Gasteiger partial charge in [-0.25, -0.2) is 0 Å². The maximum atomic E-state index is 10.4. The third-order valence-corrected chi connectivity index (χ3v) is 2.52. The molecule has 0 spiro atoms. The van der Waals surface area contributed by atoms with E-state index in [1.54, 1.807) is 6.92 Å². The minimum absolute atomic E-state index is 0.252. The van der Waals surface area contributed by atoms with Crippen LogP contribution in [0.3, 0.4) is 0 Å². The molecule has 70 valence electrons. The molecule has 1 aromatic carbocycles. The van der Waals surface area contributed by atoms with Crippen LogP contribution in [-0.2, 0) is 6.42 Å². The Labute approximate surface area is 90.4 Å². The van der Waals surface area contributed by atoms with Gasteiger partial charge >= 0.3 is 0 Å². The summed E-state index contributed by atoms with van der Waals surface area (Å²) < 4.78 is 1.15. The molecule has 13 heavy (non-hydrogen) atoms. The maximum Gasteiger partial charge on any atom is 0.214 e. The summed E-state index contributed by atoms with van der Waals surface area (Å²) in [6.07, 6.45) is 0.504. The summed E-state index contributed by atoms with van der Waals surface area (Å²) in [6.45, 7) is 1.62. The molecule has 1 aromatic rings. The first-order valence-electron chi connectivity index (χ1n) is 3.97. The van der Waals surface area contributed by atoms with Crippen molar-refractivity contribution in [3.63, 3.8) is 0 Å². The normalized spacial score (nSPS) is 12.5. The first kappa shape index (κ1) is 10.4. The van der Waals surface area contributed by atoms with E-state index in [0.29, 0.717) is 6.42 Å². The van der Waals surface area contributed by atoms with Crippen molar-refractivity contribution in [3.05, 3.63) is 43.5 Å². The zero-order valence-electron chi connectivity index (χ0n) is 7.24. The standard InChI is InChI=1S/C9H10INO2/c1-7(11(12)13)6-8-2-4-9(10)5-3-8/h2-5,7H,6H2,1H3. The Morgan fingerprint density at radius 2 is 2.00 bits per heavy atom. The predicted octanol–water partition coefficient (Wildman–Crippen LogP) is 2.50. The summed E-state index contributed by atoms with van der Waals surface area (Å²) >= 11 is 2.21. The molecule has 0 aliphatic carbocycles. The van der Waals surface area contributed by atoms with Crippen LogP contribution in [0.1, 0.15) is 12.5 Å². The van der Waals surface area contributed by atoms with Crippen LogP contribution in [0.15, 0.2) is 24.3 Å². The number of nitrogens with zero attached hydrogens (tertiary/aromatic N) is 1. The first-order valence-corrected chi connectivity index (χ1v) is 5.05. The smallest absolute Gasteiger partial charge is 0.214 e. The van der Waals surface area contributed by atoms with Crippen molar-refractivity contribution in [1.29, 1.82) is 0 Å². The molecule has 0 aromatic heterocycles. The number of benzene rings is 1. The molecule has 0 saturated carbocycles. The summed E-state index contributed by atoms with van der Waals surface area (Å²) in [4.78, 5) is 10.1. The van der Waals surface area contributed by atoms with Gasteiger partial charge in [-0.2, -0.15) is 0 Å². The summed E-state index contributed by atoms with van der Waals surface area (Å²) in [5.74, 6) is 0. The molecule has 0 saturated heterocycles. The van der Waals surface area contributed by atoms with Crippen molar-refractivity contribution in [2.45, 2.75) is 19.4 Å². The Kier molecular flexibility index (Phi) is 3.65. The lowest BCUT2D eigenvalue weighted by molar-refractivity contribution is -0.517. The summed E-state index contributed by atoms with van der Waals surface area (Å²) in [5, 5.41) is 10.4. The monoisotopic (exact) mass is 291 g/mol. The first-order chi connectivity index (χ1) is 6.09. The van der Waals surface area contributed by atoms with Crippen molar-refractivity contribution in [2.75, 3.05) is 0 Å². The molecule has 0 fully saturated rings. The van der Waals surface area contributed by atoms with Gasteiger partial charge in [0.2, 0.25) is 6.04 Å². The Morgan fingerprint density at radius 3 is 2.46 bits per heavy atom. The van der Waals surface area contributed by atoms with Crippen molar-refractivity contribution in [2.24, 2.45) is 0 Å². The quantitative estimate of drug-likeness (QED) is 0.488. The molecule has 0 heterocycles. The van der Waals surface area contributed by atoms with Gasteiger partial charge in [0.1, 0.15) is 0 Å². The van der Waals surface area contributed by atoms with Crippen molar-refractivity contribution >= 4 is 22.6 Å². The predicted molar refractivity (Wildman–Crippen MR) is 59.3 cm³/mol. The topological polar surface area (TPSA) is 43.1 Å². The van der Waals surface area contributed by atoms with Gasteiger partial charge < -0.3 is 0 Å². The summed E-state index contributed by atoms with van der Waals surface area (Å²) in [6, 6.07) is 7.29. The van der Waals surface area contributed by atoms with Crippen molar-refractivity contribution in [1.82, 2.24) is 0 Å². The fourth-order valence-corrected chi connectivity index (χ4v) is 1.40.